The number of nitrogens with one attached hydrogen (secondary N) is 2. The molecular weight excluding hydrogens is 226 g/mol. The van der Waals surface area contributed by atoms with Crippen molar-refractivity contribution >= 4 is 17.3 Å². The third-order valence-electron chi connectivity index (χ3n) is 3.60. The van der Waals surface area contributed by atoms with Crippen LogP contribution in [0.3, 0.4) is 0 Å². The fraction of sp³-hybridized carbons (Fsp3) is 0.500. The molecule has 1 aliphatic rings. The van der Waals surface area contributed by atoms with Gasteiger partial charge in [-0.2, -0.15) is 0 Å². The molecule has 4 heteroatoms. The van der Waals surface area contributed by atoms with Crippen molar-refractivity contribution in [3.8, 4) is 0 Å². The van der Waals surface area contributed by atoms with Gasteiger partial charge in [-0.25, -0.2) is 0 Å². The molecule has 0 radical (unpaired) electrons. The summed E-state index contributed by atoms with van der Waals surface area (Å²) in [6.07, 6.45) is 5.31. The van der Waals surface area contributed by atoms with Crippen LogP contribution in [0.5, 0.6) is 0 Å². The summed E-state index contributed by atoms with van der Waals surface area (Å²) in [6, 6.07) is 5.40. The lowest BCUT2D eigenvalue weighted by molar-refractivity contribution is 0.0963. The zero-order valence-corrected chi connectivity index (χ0v) is 10.8. The minimum Gasteiger partial charge on any atom is -0.397 e. The Morgan fingerprint density at radius 1 is 1.39 bits per heavy atom. The van der Waals surface area contributed by atoms with Crippen LogP contribution in [0.15, 0.2) is 18.2 Å². The molecule has 0 aliphatic heterocycles. The first-order chi connectivity index (χ1) is 8.70. The second-order valence-corrected chi connectivity index (χ2v) is 4.91. The van der Waals surface area contributed by atoms with Gasteiger partial charge >= 0.3 is 0 Å². The molecule has 4 N–H and O–H groups in total. The molecule has 1 aromatic carbocycles. The van der Waals surface area contributed by atoms with Crippen LogP contribution in [-0.4, -0.2) is 19.5 Å². The van der Waals surface area contributed by atoms with Crippen molar-refractivity contribution in [2.75, 3.05) is 24.6 Å². The van der Waals surface area contributed by atoms with Crippen LogP contribution in [0.25, 0.3) is 0 Å². The number of amides is 1. The van der Waals surface area contributed by atoms with Gasteiger partial charge in [0.15, 0.2) is 0 Å². The minimum absolute atomic E-state index is 0.107. The van der Waals surface area contributed by atoms with Crippen molar-refractivity contribution in [3.05, 3.63) is 23.8 Å². The summed E-state index contributed by atoms with van der Waals surface area (Å²) in [7, 11) is 1.62. The number of carbonyl (C=O) groups is 1. The Hall–Kier alpha value is -1.71. The van der Waals surface area contributed by atoms with Gasteiger partial charge in [0, 0.05) is 19.2 Å². The molecule has 0 atom stereocenters. The van der Waals surface area contributed by atoms with Gasteiger partial charge in [0.2, 0.25) is 0 Å². The van der Waals surface area contributed by atoms with E-state index < -0.39 is 0 Å². The molecular formula is C14H21N3O. The Morgan fingerprint density at radius 2 is 2.11 bits per heavy atom. The first-order valence-corrected chi connectivity index (χ1v) is 6.56. The highest BCUT2D eigenvalue weighted by molar-refractivity contribution is 5.95. The molecule has 0 saturated heterocycles. The summed E-state index contributed by atoms with van der Waals surface area (Å²) in [5.41, 5.74) is 8.11. The lowest BCUT2D eigenvalue weighted by atomic mass is 10.1. The summed E-state index contributed by atoms with van der Waals surface area (Å²) >= 11 is 0. The van der Waals surface area contributed by atoms with Gasteiger partial charge in [0.1, 0.15) is 0 Å². The summed E-state index contributed by atoms with van der Waals surface area (Å²) in [4.78, 5) is 11.5. The number of hydrogen-bond acceptors (Lipinski definition) is 3. The molecule has 4 nitrogen and oxygen atoms in total. The minimum atomic E-state index is -0.107. The van der Waals surface area contributed by atoms with Crippen molar-refractivity contribution in [3.63, 3.8) is 0 Å². The van der Waals surface area contributed by atoms with E-state index in [1.807, 2.05) is 6.07 Å². The van der Waals surface area contributed by atoms with Crippen LogP contribution in [0.1, 0.15) is 36.0 Å². The van der Waals surface area contributed by atoms with Gasteiger partial charge in [-0.05, 0) is 37.0 Å². The first kappa shape index (κ1) is 12.7. The molecule has 0 spiro atoms. The maximum Gasteiger partial charge on any atom is 0.251 e. The van der Waals surface area contributed by atoms with Gasteiger partial charge in [0.05, 0.1) is 11.4 Å². The Kier molecular flexibility index (Phi) is 4.07. The lowest BCUT2D eigenvalue weighted by Gasteiger charge is -2.14. The van der Waals surface area contributed by atoms with Crippen LogP contribution >= 0.6 is 0 Å². The van der Waals surface area contributed by atoms with Crippen LogP contribution in [0, 0.1) is 5.92 Å². The molecule has 2 rings (SSSR count). The van der Waals surface area contributed by atoms with Crippen molar-refractivity contribution in [2.45, 2.75) is 25.7 Å². The molecule has 98 valence electrons. The molecule has 0 heterocycles. The average molecular weight is 247 g/mol. The Balaban J connectivity index is 1.98. The summed E-state index contributed by atoms with van der Waals surface area (Å²) < 4.78 is 0. The van der Waals surface area contributed by atoms with Gasteiger partial charge in [0.25, 0.3) is 5.91 Å². The smallest absolute Gasteiger partial charge is 0.251 e. The Labute approximate surface area is 108 Å². The number of rotatable bonds is 4. The molecule has 0 bridgehead atoms. The number of nitrogens with two attached hydrogens (primary N) is 1. The number of benzene rings is 1. The van der Waals surface area contributed by atoms with E-state index in [4.69, 9.17) is 5.73 Å². The molecule has 1 aromatic rings. The predicted molar refractivity (Wildman–Crippen MR) is 74.7 cm³/mol. The van der Waals surface area contributed by atoms with Gasteiger partial charge in [-0.1, -0.05) is 12.8 Å². The third-order valence-corrected chi connectivity index (χ3v) is 3.60. The Bertz CT molecular complexity index is 425. The molecule has 1 aliphatic carbocycles. The molecule has 1 amide bonds. The average Bonchev–Trinajstić information content (AvgIpc) is 2.89. The summed E-state index contributed by atoms with van der Waals surface area (Å²) in [5.74, 6) is 0.659. The summed E-state index contributed by atoms with van der Waals surface area (Å²) in [6.45, 7) is 0.976. The molecule has 0 aromatic heterocycles. The van der Waals surface area contributed by atoms with Crippen LogP contribution in [-0.2, 0) is 0 Å². The summed E-state index contributed by atoms with van der Waals surface area (Å²) in [5, 5.41) is 5.97. The van der Waals surface area contributed by atoms with E-state index in [2.05, 4.69) is 10.6 Å². The largest absolute Gasteiger partial charge is 0.397 e. The SMILES string of the molecule is CNC(=O)c1ccc(NCC2CCCC2)c(N)c1. The van der Waals surface area contributed by atoms with E-state index in [0.29, 0.717) is 11.3 Å². The van der Waals surface area contributed by atoms with Crippen molar-refractivity contribution in [1.29, 1.82) is 0 Å². The molecule has 1 fully saturated rings. The quantitative estimate of drug-likeness (QED) is 0.715. The fourth-order valence-corrected chi connectivity index (χ4v) is 2.48. The standard InChI is InChI=1S/C14H21N3O/c1-16-14(18)11-6-7-13(12(15)8-11)17-9-10-4-2-3-5-10/h6-8,10,17H,2-5,9,15H2,1H3,(H,16,18). The van der Waals surface area contributed by atoms with Crippen LogP contribution in [0.2, 0.25) is 0 Å². The van der Waals surface area contributed by atoms with Crippen LogP contribution in [0.4, 0.5) is 11.4 Å². The zero-order chi connectivity index (χ0) is 13.0. The first-order valence-electron chi connectivity index (χ1n) is 6.56. The monoisotopic (exact) mass is 247 g/mol. The lowest BCUT2D eigenvalue weighted by Crippen LogP contribution is -2.18. The van der Waals surface area contributed by atoms with Crippen molar-refractivity contribution in [2.24, 2.45) is 5.92 Å². The highest BCUT2D eigenvalue weighted by atomic mass is 16.1. The van der Waals surface area contributed by atoms with E-state index in [1.165, 1.54) is 25.7 Å². The van der Waals surface area contributed by atoms with E-state index in [-0.39, 0.29) is 5.91 Å². The van der Waals surface area contributed by atoms with E-state index >= 15 is 0 Å². The third kappa shape index (κ3) is 2.94. The van der Waals surface area contributed by atoms with Crippen LogP contribution < -0.4 is 16.4 Å². The number of anilines is 2. The van der Waals surface area contributed by atoms with E-state index in [9.17, 15) is 4.79 Å². The second kappa shape index (κ2) is 5.76. The Morgan fingerprint density at radius 3 is 2.72 bits per heavy atom. The maximum atomic E-state index is 11.5. The van der Waals surface area contributed by atoms with Crippen molar-refractivity contribution in [1.82, 2.24) is 5.32 Å². The van der Waals surface area contributed by atoms with Gasteiger partial charge in [-0.15, -0.1) is 0 Å². The number of nitrogen functional groups attached to an aromatic ring is 1. The zero-order valence-electron chi connectivity index (χ0n) is 10.8. The molecule has 18 heavy (non-hydrogen) atoms. The van der Waals surface area contributed by atoms with Gasteiger partial charge in [-0.3, -0.25) is 4.79 Å². The highest BCUT2D eigenvalue weighted by Crippen LogP contribution is 2.26. The normalized spacial score (nSPS) is 15.6. The van der Waals surface area contributed by atoms with E-state index in [1.54, 1.807) is 19.2 Å². The second-order valence-electron chi connectivity index (χ2n) is 4.91. The maximum absolute atomic E-state index is 11.5. The predicted octanol–water partition coefficient (Wildman–Crippen LogP) is 2.23. The van der Waals surface area contributed by atoms with Crippen molar-refractivity contribution < 1.29 is 4.79 Å². The molecule has 1 saturated carbocycles. The van der Waals surface area contributed by atoms with E-state index in [0.717, 1.165) is 18.2 Å². The number of carbonyl (C=O) groups excluding carboxylic acids is 1. The molecule has 0 unspecified atom stereocenters. The highest BCUT2D eigenvalue weighted by Gasteiger charge is 2.15. The fourth-order valence-electron chi connectivity index (χ4n) is 2.48. The topological polar surface area (TPSA) is 67.2 Å². The van der Waals surface area contributed by atoms with Gasteiger partial charge < -0.3 is 16.4 Å². The number of hydrogen-bond donors (Lipinski definition) is 3.